The number of nitrogens with one attached hydrogen (secondary N) is 1. The zero-order chi connectivity index (χ0) is 27.6. The zero-order valence-electron chi connectivity index (χ0n) is 22.6. The molecule has 1 amide bonds. The number of aromatic nitrogens is 4. The van der Waals surface area contributed by atoms with Crippen molar-refractivity contribution in [1.82, 2.24) is 24.4 Å². The van der Waals surface area contributed by atoms with Gasteiger partial charge in [0.1, 0.15) is 11.0 Å². The van der Waals surface area contributed by atoms with E-state index < -0.39 is 0 Å². The molecule has 2 fully saturated rings. The lowest BCUT2D eigenvalue weighted by molar-refractivity contribution is 0.0695. The third-order valence-electron chi connectivity index (χ3n) is 8.08. The lowest BCUT2D eigenvalue weighted by Crippen LogP contribution is -2.40. The Bertz CT molecular complexity index is 1550. The van der Waals surface area contributed by atoms with Gasteiger partial charge in [0.05, 0.1) is 11.0 Å². The van der Waals surface area contributed by atoms with Crippen LogP contribution in [0.5, 0.6) is 0 Å². The molecule has 208 valence electrons. The maximum Gasteiger partial charge on any atom is 0.326 e. The number of carbonyl (C=O) groups is 1. The van der Waals surface area contributed by atoms with Crippen molar-refractivity contribution in [2.75, 3.05) is 31.1 Å². The second-order valence-corrected chi connectivity index (χ2v) is 12.2. The Hall–Kier alpha value is -3.30. The predicted molar refractivity (Wildman–Crippen MR) is 160 cm³/mol. The molecule has 1 N–H and O–H groups in total. The van der Waals surface area contributed by atoms with E-state index in [1.807, 2.05) is 64.1 Å². The Morgan fingerprint density at radius 3 is 2.48 bits per heavy atom. The zero-order valence-corrected chi connectivity index (χ0v) is 24.1. The molecule has 10 heteroatoms. The van der Waals surface area contributed by atoms with E-state index in [2.05, 4.69) is 21.8 Å². The molecule has 0 radical (unpaired) electrons. The first-order chi connectivity index (χ1) is 19.4. The number of aromatic amines is 1. The lowest BCUT2D eigenvalue weighted by atomic mass is 9.99. The average molecular weight is 577 g/mol. The molecule has 0 saturated carbocycles. The van der Waals surface area contributed by atoms with Crippen LogP contribution in [-0.2, 0) is 5.75 Å². The number of amides is 1. The molecular weight excluding hydrogens is 544 g/mol. The molecule has 2 aromatic carbocycles. The summed E-state index contributed by atoms with van der Waals surface area (Å²) in [6.07, 6.45) is 3.83. The summed E-state index contributed by atoms with van der Waals surface area (Å²) in [4.78, 5) is 42.1. The Balaban J connectivity index is 1.05. The highest BCUT2D eigenvalue weighted by atomic mass is 35.5. The molecule has 2 aromatic heterocycles. The predicted octanol–water partition coefficient (Wildman–Crippen LogP) is 5.78. The van der Waals surface area contributed by atoms with Gasteiger partial charge in [0.2, 0.25) is 0 Å². The number of hydrogen-bond acceptors (Lipinski definition) is 6. The lowest BCUT2D eigenvalue weighted by Gasteiger charge is -2.32. The van der Waals surface area contributed by atoms with Crippen LogP contribution in [0.25, 0.3) is 11.0 Å². The van der Waals surface area contributed by atoms with Crippen LogP contribution in [0.3, 0.4) is 0 Å². The van der Waals surface area contributed by atoms with E-state index in [9.17, 15) is 9.59 Å². The first kappa shape index (κ1) is 26.9. The normalized spacial score (nSPS) is 17.1. The molecule has 6 rings (SSSR count). The van der Waals surface area contributed by atoms with Crippen molar-refractivity contribution in [2.24, 2.45) is 5.92 Å². The molecule has 0 bridgehead atoms. The maximum atomic E-state index is 13.2. The van der Waals surface area contributed by atoms with Gasteiger partial charge in [0.15, 0.2) is 5.16 Å². The first-order valence-corrected chi connectivity index (χ1v) is 15.3. The number of benzene rings is 2. The van der Waals surface area contributed by atoms with Crippen LogP contribution >= 0.6 is 23.4 Å². The highest BCUT2D eigenvalue weighted by Crippen LogP contribution is 2.28. The number of likely N-dealkylation sites (tertiary alicyclic amines) is 1. The van der Waals surface area contributed by atoms with E-state index in [4.69, 9.17) is 16.6 Å². The summed E-state index contributed by atoms with van der Waals surface area (Å²) in [5, 5.41) is 1.13. The van der Waals surface area contributed by atoms with Crippen molar-refractivity contribution in [3.05, 3.63) is 81.4 Å². The Morgan fingerprint density at radius 1 is 1.00 bits per heavy atom. The standard InChI is InChI=1S/C30H33ClN6O2S/c1-20-10-14-35(15-11-20)27-18-26(31)33-29(34-27)40-19-21-6-8-22(9-7-21)28(38)36-16-12-23(13-17-36)37-25-5-3-2-4-24(25)32-30(37)39/h2-9,18,20,23H,10-17,19H2,1H3,(H,32,39). The molecule has 2 aliphatic rings. The number of imidazole rings is 1. The van der Waals surface area contributed by atoms with Crippen LogP contribution in [0.1, 0.15) is 54.6 Å². The van der Waals surface area contributed by atoms with E-state index >= 15 is 0 Å². The number of carbonyl (C=O) groups excluding carboxylic acids is 1. The minimum absolute atomic E-state index is 0.0302. The average Bonchev–Trinajstić information content (AvgIpc) is 3.32. The molecule has 2 saturated heterocycles. The molecule has 2 aliphatic heterocycles. The number of anilines is 1. The number of piperidine rings is 2. The van der Waals surface area contributed by atoms with Gasteiger partial charge in [-0.15, -0.1) is 0 Å². The Labute approximate surface area is 242 Å². The van der Waals surface area contributed by atoms with E-state index in [1.165, 1.54) is 0 Å². The maximum absolute atomic E-state index is 13.2. The van der Waals surface area contributed by atoms with Crippen molar-refractivity contribution >= 4 is 46.1 Å². The first-order valence-electron chi connectivity index (χ1n) is 13.9. The SMILES string of the molecule is CC1CCN(c2cc(Cl)nc(SCc3ccc(C(=O)N4CCC(n5c(=O)[nH]c6ccccc65)CC4)cc3)n2)CC1. The van der Waals surface area contributed by atoms with Gasteiger partial charge in [-0.2, -0.15) is 0 Å². The second kappa shape index (κ2) is 11.7. The van der Waals surface area contributed by atoms with Crippen LogP contribution in [0.2, 0.25) is 5.15 Å². The summed E-state index contributed by atoms with van der Waals surface area (Å²) in [5.41, 5.74) is 3.46. The summed E-state index contributed by atoms with van der Waals surface area (Å²) >= 11 is 7.88. The summed E-state index contributed by atoms with van der Waals surface area (Å²) in [7, 11) is 0. The van der Waals surface area contributed by atoms with Crippen molar-refractivity contribution in [1.29, 1.82) is 0 Å². The summed E-state index contributed by atoms with van der Waals surface area (Å²) in [6, 6.07) is 17.5. The largest absolute Gasteiger partial charge is 0.356 e. The smallest absolute Gasteiger partial charge is 0.326 e. The highest BCUT2D eigenvalue weighted by molar-refractivity contribution is 7.98. The number of para-hydroxylation sites is 2. The molecule has 0 spiro atoms. The van der Waals surface area contributed by atoms with Crippen LogP contribution in [-0.4, -0.2) is 56.5 Å². The minimum atomic E-state index is -0.0834. The van der Waals surface area contributed by atoms with Crippen molar-refractivity contribution in [3.8, 4) is 0 Å². The monoisotopic (exact) mass is 576 g/mol. The van der Waals surface area contributed by atoms with Crippen LogP contribution in [0, 0.1) is 5.92 Å². The number of rotatable bonds is 6. The topological polar surface area (TPSA) is 87.1 Å². The number of hydrogen-bond donors (Lipinski definition) is 1. The van der Waals surface area contributed by atoms with Gasteiger partial charge in [0, 0.05) is 49.6 Å². The van der Waals surface area contributed by atoms with E-state index in [1.54, 1.807) is 11.8 Å². The fourth-order valence-electron chi connectivity index (χ4n) is 5.69. The quantitative estimate of drug-likeness (QED) is 0.178. The summed E-state index contributed by atoms with van der Waals surface area (Å²) < 4.78 is 1.85. The van der Waals surface area contributed by atoms with Gasteiger partial charge in [-0.25, -0.2) is 14.8 Å². The molecule has 0 atom stereocenters. The Morgan fingerprint density at radius 2 is 1.73 bits per heavy atom. The van der Waals surface area contributed by atoms with Gasteiger partial charge < -0.3 is 14.8 Å². The summed E-state index contributed by atoms with van der Waals surface area (Å²) in [6.45, 7) is 5.53. The van der Waals surface area contributed by atoms with E-state index in [-0.39, 0.29) is 17.6 Å². The molecule has 0 unspecified atom stereocenters. The van der Waals surface area contributed by atoms with Gasteiger partial charge in [-0.3, -0.25) is 9.36 Å². The number of thioether (sulfide) groups is 1. The molecule has 8 nitrogen and oxygen atoms in total. The van der Waals surface area contributed by atoms with Gasteiger partial charge in [-0.1, -0.05) is 54.6 Å². The van der Waals surface area contributed by atoms with Crippen molar-refractivity contribution < 1.29 is 4.79 Å². The molecular formula is C30H33ClN6O2S. The van der Waals surface area contributed by atoms with Crippen molar-refractivity contribution in [2.45, 2.75) is 49.6 Å². The van der Waals surface area contributed by atoms with Crippen LogP contribution in [0.4, 0.5) is 5.82 Å². The Kier molecular flexibility index (Phi) is 7.85. The minimum Gasteiger partial charge on any atom is -0.356 e. The number of H-pyrrole nitrogens is 1. The molecule has 4 aromatic rings. The van der Waals surface area contributed by atoms with Crippen LogP contribution in [0.15, 0.2) is 64.5 Å². The molecule has 40 heavy (non-hydrogen) atoms. The number of nitrogens with zero attached hydrogens (tertiary/aromatic N) is 5. The second-order valence-electron chi connectivity index (χ2n) is 10.8. The van der Waals surface area contributed by atoms with Crippen molar-refractivity contribution in [3.63, 3.8) is 0 Å². The third kappa shape index (κ3) is 5.76. The highest BCUT2D eigenvalue weighted by Gasteiger charge is 2.26. The molecule has 0 aliphatic carbocycles. The van der Waals surface area contributed by atoms with E-state index in [0.29, 0.717) is 34.7 Å². The van der Waals surface area contributed by atoms with Gasteiger partial charge >= 0.3 is 5.69 Å². The number of fused-ring (bicyclic) bond motifs is 1. The number of halogens is 1. The van der Waals surface area contributed by atoms with E-state index in [0.717, 1.165) is 67.1 Å². The third-order valence-corrected chi connectivity index (χ3v) is 9.19. The fraction of sp³-hybridized carbons (Fsp3) is 0.400. The van der Waals surface area contributed by atoms with Gasteiger partial charge in [-0.05, 0) is 61.4 Å². The van der Waals surface area contributed by atoms with Gasteiger partial charge in [0.25, 0.3) is 5.91 Å². The fourth-order valence-corrected chi connectivity index (χ4v) is 6.72. The molecule has 4 heterocycles. The van der Waals surface area contributed by atoms with Crippen LogP contribution < -0.4 is 10.6 Å². The summed E-state index contributed by atoms with van der Waals surface area (Å²) in [5.74, 6) is 2.37.